The number of rotatable bonds is 7. The third kappa shape index (κ3) is 4.14. The molecule has 2 aromatic rings. The Kier molecular flexibility index (Phi) is 5.98. The lowest BCUT2D eigenvalue weighted by Crippen LogP contribution is -2.28. The van der Waals surface area contributed by atoms with Crippen molar-refractivity contribution in [3.63, 3.8) is 0 Å². The van der Waals surface area contributed by atoms with Crippen molar-refractivity contribution in [1.82, 2.24) is 14.9 Å². The Labute approximate surface area is 145 Å². The summed E-state index contributed by atoms with van der Waals surface area (Å²) in [4.78, 5) is 11.9. The standard InChI is InChI=1S/C15H18ClN3O4S/c1-3-12-13(15(20)23-2)14(19-18-12)24(21,22)17-9-8-10-4-6-11(16)7-5-10/h4-7,17H,3,8-9H2,1-2H3,(H,18,19). The number of aryl methyl sites for hydroxylation is 1. The predicted octanol–water partition coefficient (Wildman–Crippen LogP) is 1.93. The van der Waals surface area contributed by atoms with Crippen LogP contribution in [0.25, 0.3) is 0 Å². The summed E-state index contributed by atoms with van der Waals surface area (Å²) >= 11 is 5.81. The lowest BCUT2D eigenvalue weighted by molar-refractivity contribution is 0.0595. The van der Waals surface area contributed by atoms with E-state index in [1.54, 1.807) is 19.1 Å². The smallest absolute Gasteiger partial charge is 0.342 e. The molecule has 0 unspecified atom stereocenters. The van der Waals surface area contributed by atoms with Crippen molar-refractivity contribution < 1.29 is 17.9 Å². The molecule has 2 N–H and O–H groups in total. The van der Waals surface area contributed by atoms with Crippen LogP contribution in [0.5, 0.6) is 0 Å². The zero-order chi connectivity index (χ0) is 17.7. The number of carbonyl (C=O) groups excluding carboxylic acids is 1. The molecule has 0 aliphatic rings. The Hall–Kier alpha value is -1.90. The molecule has 130 valence electrons. The number of halogens is 1. The number of nitrogens with zero attached hydrogens (tertiary/aromatic N) is 1. The number of esters is 1. The van der Waals surface area contributed by atoms with Gasteiger partial charge in [0.2, 0.25) is 5.03 Å². The molecule has 1 aromatic heterocycles. The lowest BCUT2D eigenvalue weighted by atomic mass is 10.2. The van der Waals surface area contributed by atoms with Crippen LogP contribution in [-0.4, -0.2) is 38.2 Å². The van der Waals surface area contributed by atoms with Crippen LogP contribution in [0.15, 0.2) is 29.3 Å². The molecule has 24 heavy (non-hydrogen) atoms. The summed E-state index contributed by atoms with van der Waals surface area (Å²) in [6.45, 7) is 1.95. The highest BCUT2D eigenvalue weighted by Crippen LogP contribution is 2.18. The fourth-order valence-corrected chi connectivity index (χ4v) is 3.45. The maximum absolute atomic E-state index is 12.4. The molecule has 1 aromatic carbocycles. The molecule has 0 saturated carbocycles. The summed E-state index contributed by atoms with van der Waals surface area (Å²) in [6, 6.07) is 7.12. The molecule has 1 heterocycles. The molecule has 9 heteroatoms. The summed E-state index contributed by atoms with van der Waals surface area (Å²) in [5, 5.41) is 6.62. The Morgan fingerprint density at radius 2 is 2.00 bits per heavy atom. The van der Waals surface area contributed by atoms with Crippen LogP contribution in [0.2, 0.25) is 5.02 Å². The van der Waals surface area contributed by atoms with Crippen molar-refractivity contribution in [2.75, 3.05) is 13.7 Å². The molecular weight excluding hydrogens is 354 g/mol. The van der Waals surface area contributed by atoms with Crippen LogP contribution in [0.4, 0.5) is 0 Å². The molecule has 0 aliphatic carbocycles. The van der Waals surface area contributed by atoms with Crippen molar-refractivity contribution in [2.45, 2.75) is 24.8 Å². The van der Waals surface area contributed by atoms with Gasteiger partial charge in [-0.15, -0.1) is 0 Å². The number of methoxy groups -OCH3 is 1. The second-order valence-corrected chi connectivity index (χ2v) is 7.12. The van der Waals surface area contributed by atoms with Crippen LogP contribution in [0, 0.1) is 0 Å². The maximum atomic E-state index is 12.4. The summed E-state index contributed by atoms with van der Waals surface area (Å²) in [7, 11) is -2.74. The Morgan fingerprint density at radius 1 is 1.33 bits per heavy atom. The van der Waals surface area contributed by atoms with Gasteiger partial charge in [-0.05, 0) is 30.5 Å². The van der Waals surface area contributed by atoms with Gasteiger partial charge >= 0.3 is 5.97 Å². The Morgan fingerprint density at radius 3 is 2.58 bits per heavy atom. The summed E-state index contributed by atoms with van der Waals surface area (Å²) in [6.07, 6.45) is 0.909. The number of ether oxygens (including phenoxy) is 1. The van der Waals surface area contributed by atoms with E-state index in [1.807, 2.05) is 12.1 Å². The monoisotopic (exact) mass is 371 g/mol. The van der Waals surface area contributed by atoms with Crippen LogP contribution in [0.1, 0.15) is 28.5 Å². The van der Waals surface area contributed by atoms with Gasteiger partial charge in [0.25, 0.3) is 10.0 Å². The molecule has 0 saturated heterocycles. The average molecular weight is 372 g/mol. The van der Waals surface area contributed by atoms with Crippen molar-refractivity contribution >= 4 is 27.6 Å². The molecule has 0 spiro atoms. The van der Waals surface area contributed by atoms with E-state index < -0.39 is 16.0 Å². The van der Waals surface area contributed by atoms with Gasteiger partial charge in [0.15, 0.2) is 0 Å². The second-order valence-electron chi connectivity index (χ2n) is 5.00. The van der Waals surface area contributed by atoms with Crippen molar-refractivity contribution in [2.24, 2.45) is 0 Å². The molecular formula is C15H18ClN3O4S. The van der Waals surface area contributed by atoms with Crippen molar-refractivity contribution in [1.29, 1.82) is 0 Å². The van der Waals surface area contributed by atoms with Crippen LogP contribution in [-0.2, 0) is 27.6 Å². The largest absolute Gasteiger partial charge is 0.465 e. The molecule has 0 radical (unpaired) electrons. The number of H-pyrrole nitrogens is 1. The van der Waals surface area contributed by atoms with E-state index in [0.717, 1.165) is 5.56 Å². The number of hydrogen-bond acceptors (Lipinski definition) is 5. The SMILES string of the molecule is CCc1[nH]nc(S(=O)(=O)NCCc2ccc(Cl)cc2)c1C(=O)OC. The van der Waals surface area contributed by atoms with E-state index in [9.17, 15) is 13.2 Å². The molecule has 0 bridgehead atoms. The van der Waals surface area contributed by atoms with Crippen molar-refractivity contribution in [3.05, 3.63) is 46.1 Å². The van der Waals surface area contributed by atoms with Gasteiger partial charge in [-0.25, -0.2) is 17.9 Å². The van der Waals surface area contributed by atoms with Crippen molar-refractivity contribution in [3.8, 4) is 0 Å². The number of aromatic nitrogens is 2. The quantitative estimate of drug-likeness (QED) is 0.724. The summed E-state index contributed by atoms with van der Waals surface area (Å²) in [5.41, 5.74) is 1.30. The third-order valence-corrected chi connectivity index (χ3v) is 5.07. The van der Waals surface area contributed by atoms with E-state index in [4.69, 9.17) is 11.6 Å². The van der Waals surface area contributed by atoms with Crippen LogP contribution < -0.4 is 4.72 Å². The first-order valence-electron chi connectivity index (χ1n) is 7.28. The minimum absolute atomic E-state index is 0.0565. The van der Waals surface area contributed by atoms with Crippen LogP contribution >= 0.6 is 11.6 Å². The minimum atomic E-state index is -3.93. The van der Waals surface area contributed by atoms with Gasteiger partial charge in [0.05, 0.1) is 12.8 Å². The number of nitrogens with one attached hydrogen (secondary N) is 2. The maximum Gasteiger partial charge on any atom is 0.342 e. The van der Waals surface area contributed by atoms with Gasteiger partial charge in [-0.2, -0.15) is 5.10 Å². The second kappa shape index (κ2) is 7.78. The van der Waals surface area contributed by atoms with E-state index in [-0.39, 0.29) is 17.1 Å². The van der Waals surface area contributed by atoms with E-state index in [0.29, 0.717) is 23.6 Å². The molecule has 0 atom stereocenters. The Balaban J connectivity index is 2.14. The predicted molar refractivity (Wildman–Crippen MR) is 89.6 cm³/mol. The van der Waals surface area contributed by atoms with E-state index in [1.165, 1.54) is 7.11 Å². The van der Waals surface area contributed by atoms with Crippen LogP contribution in [0.3, 0.4) is 0 Å². The van der Waals surface area contributed by atoms with Gasteiger partial charge in [-0.1, -0.05) is 30.7 Å². The molecule has 2 rings (SSSR count). The van der Waals surface area contributed by atoms with Gasteiger partial charge in [0, 0.05) is 11.6 Å². The highest BCUT2D eigenvalue weighted by molar-refractivity contribution is 7.89. The summed E-state index contributed by atoms with van der Waals surface area (Å²) < 4.78 is 31.9. The fraction of sp³-hybridized carbons (Fsp3) is 0.333. The fourth-order valence-electron chi connectivity index (χ4n) is 2.17. The first kappa shape index (κ1) is 18.4. The first-order chi connectivity index (χ1) is 11.4. The number of sulfonamides is 1. The number of hydrogen-bond donors (Lipinski definition) is 2. The zero-order valence-corrected chi connectivity index (χ0v) is 14.9. The number of carbonyl (C=O) groups is 1. The molecule has 0 amide bonds. The summed E-state index contributed by atoms with van der Waals surface area (Å²) in [5.74, 6) is -0.737. The Bertz CT molecular complexity index is 816. The average Bonchev–Trinajstić information content (AvgIpc) is 3.01. The topological polar surface area (TPSA) is 101 Å². The van der Waals surface area contributed by atoms with Gasteiger partial charge in [0.1, 0.15) is 5.56 Å². The van der Waals surface area contributed by atoms with Gasteiger partial charge in [-0.3, -0.25) is 5.10 Å². The highest BCUT2D eigenvalue weighted by Gasteiger charge is 2.29. The normalized spacial score (nSPS) is 11.5. The lowest BCUT2D eigenvalue weighted by Gasteiger charge is -2.07. The third-order valence-electron chi connectivity index (χ3n) is 3.42. The molecule has 0 aliphatic heterocycles. The van der Waals surface area contributed by atoms with Gasteiger partial charge < -0.3 is 4.74 Å². The minimum Gasteiger partial charge on any atom is -0.465 e. The highest BCUT2D eigenvalue weighted by atomic mass is 35.5. The molecule has 0 fully saturated rings. The molecule has 7 nitrogen and oxygen atoms in total. The number of aromatic amines is 1. The van der Waals surface area contributed by atoms with E-state index >= 15 is 0 Å². The zero-order valence-electron chi connectivity index (χ0n) is 13.3. The van der Waals surface area contributed by atoms with E-state index in [2.05, 4.69) is 19.7 Å². The first-order valence-corrected chi connectivity index (χ1v) is 9.14. The number of benzene rings is 1.